The molecule has 0 spiro atoms. The molecule has 4 rings (SSSR count). The second kappa shape index (κ2) is 9.18. The molecule has 2 aromatic carbocycles. The highest BCUT2D eigenvalue weighted by molar-refractivity contribution is 7.97. The fourth-order valence-electron chi connectivity index (χ4n) is 3.93. The van der Waals surface area contributed by atoms with Crippen molar-refractivity contribution in [1.82, 2.24) is 4.98 Å². The lowest BCUT2D eigenvalue weighted by atomic mass is 10.0. The lowest BCUT2D eigenvalue weighted by Gasteiger charge is -2.30. The summed E-state index contributed by atoms with van der Waals surface area (Å²) in [6, 6.07) is 14.4. The minimum absolute atomic E-state index is 0.310. The fourth-order valence-corrected chi connectivity index (χ4v) is 5.39. The molecule has 1 N–H and O–H groups in total. The number of nitrogens with zero attached hydrogens (tertiary/aromatic N) is 2. The smallest absolute Gasteiger partial charge is 0.269 e. The molecule has 0 unspecified atom stereocenters. The maximum atomic E-state index is 13.3. The zero-order valence-corrected chi connectivity index (χ0v) is 20.1. The molecule has 1 aromatic heterocycles. The number of methoxy groups -OCH3 is 2. The molecule has 1 aliphatic rings. The summed E-state index contributed by atoms with van der Waals surface area (Å²) in [6.45, 7) is 1.61. The van der Waals surface area contributed by atoms with Crippen LogP contribution in [0.3, 0.4) is 0 Å². The van der Waals surface area contributed by atoms with Crippen molar-refractivity contribution in [3.63, 3.8) is 0 Å². The van der Waals surface area contributed by atoms with Gasteiger partial charge in [0.05, 0.1) is 19.9 Å². The third-order valence-electron chi connectivity index (χ3n) is 5.78. The van der Waals surface area contributed by atoms with Crippen LogP contribution in [-0.4, -0.2) is 40.6 Å². The number of pyridine rings is 1. The Morgan fingerprint density at radius 2 is 1.56 bits per heavy atom. The third kappa shape index (κ3) is 4.22. The highest BCUT2D eigenvalue weighted by Gasteiger charge is 2.38. The first-order valence-electron chi connectivity index (χ1n) is 10.5. The van der Waals surface area contributed by atoms with Crippen molar-refractivity contribution in [3.8, 4) is 11.5 Å². The minimum atomic E-state index is -4.08. The van der Waals surface area contributed by atoms with Gasteiger partial charge in [0.1, 0.15) is 0 Å². The van der Waals surface area contributed by atoms with Gasteiger partial charge in [0.2, 0.25) is 0 Å². The number of hydrogen-bond acceptors (Lipinski definition) is 6. The van der Waals surface area contributed by atoms with Crippen LogP contribution in [0, 0.1) is 0 Å². The molecule has 176 valence electrons. The Hall–Kier alpha value is -3.85. The monoisotopic (exact) mass is 479 g/mol. The SMILES string of the molecule is COc1cc2c(cc1OC)N(C)S(=O)(=O)C(C(=O)Nc1ccc(Cc3ccncc3)cc1)=C2C. The van der Waals surface area contributed by atoms with Gasteiger partial charge in [-0.3, -0.25) is 14.1 Å². The van der Waals surface area contributed by atoms with E-state index in [9.17, 15) is 13.2 Å². The van der Waals surface area contributed by atoms with Crippen LogP contribution in [0.4, 0.5) is 11.4 Å². The van der Waals surface area contributed by atoms with Gasteiger partial charge in [0, 0.05) is 36.8 Å². The van der Waals surface area contributed by atoms with Gasteiger partial charge >= 0.3 is 0 Å². The van der Waals surface area contributed by atoms with Gasteiger partial charge in [-0.15, -0.1) is 0 Å². The van der Waals surface area contributed by atoms with Crippen LogP contribution in [0.25, 0.3) is 5.57 Å². The number of nitrogens with one attached hydrogen (secondary N) is 1. The van der Waals surface area contributed by atoms with Crippen molar-refractivity contribution in [1.29, 1.82) is 0 Å². The zero-order chi connectivity index (χ0) is 24.5. The van der Waals surface area contributed by atoms with E-state index >= 15 is 0 Å². The van der Waals surface area contributed by atoms with E-state index in [1.807, 2.05) is 24.3 Å². The number of ether oxygens (including phenoxy) is 2. The van der Waals surface area contributed by atoms with E-state index in [2.05, 4.69) is 10.3 Å². The normalized spacial score (nSPS) is 14.4. The quantitative estimate of drug-likeness (QED) is 0.577. The minimum Gasteiger partial charge on any atom is -0.493 e. The Balaban J connectivity index is 1.64. The molecule has 0 saturated heterocycles. The van der Waals surface area contributed by atoms with Gasteiger partial charge in [-0.2, -0.15) is 0 Å². The molecule has 0 fully saturated rings. The summed E-state index contributed by atoms with van der Waals surface area (Å²) in [7, 11) is 0.308. The number of rotatable bonds is 6. The maximum Gasteiger partial charge on any atom is 0.269 e. The lowest BCUT2D eigenvalue weighted by Crippen LogP contribution is -2.36. The average molecular weight is 480 g/mol. The van der Waals surface area contributed by atoms with Crippen LogP contribution >= 0.6 is 0 Å². The van der Waals surface area contributed by atoms with E-state index in [1.165, 1.54) is 21.3 Å². The number of carbonyl (C=O) groups is 1. The lowest BCUT2D eigenvalue weighted by molar-refractivity contribution is -0.112. The van der Waals surface area contributed by atoms with Crippen LogP contribution in [-0.2, 0) is 21.2 Å². The predicted molar refractivity (Wildman–Crippen MR) is 132 cm³/mol. The number of allylic oxidation sites excluding steroid dienone is 1. The number of anilines is 2. The molecule has 1 amide bonds. The maximum absolute atomic E-state index is 13.3. The molecule has 3 aromatic rings. The van der Waals surface area contributed by atoms with E-state index in [1.54, 1.807) is 43.6 Å². The second-order valence-electron chi connectivity index (χ2n) is 7.83. The van der Waals surface area contributed by atoms with Crippen LogP contribution in [0.1, 0.15) is 23.6 Å². The zero-order valence-electron chi connectivity index (χ0n) is 19.3. The number of benzene rings is 2. The molecule has 34 heavy (non-hydrogen) atoms. The number of aromatic nitrogens is 1. The second-order valence-corrected chi connectivity index (χ2v) is 9.74. The molecule has 0 atom stereocenters. The fraction of sp³-hybridized carbons (Fsp3) is 0.200. The highest BCUT2D eigenvalue weighted by atomic mass is 32.2. The summed E-state index contributed by atoms with van der Waals surface area (Å²) in [5.41, 5.74) is 4.00. The number of fused-ring (bicyclic) bond motifs is 1. The topological polar surface area (TPSA) is 97.8 Å². The van der Waals surface area contributed by atoms with Crippen molar-refractivity contribution in [2.75, 3.05) is 30.9 Å². The Labute approximate surface area is 198 Å². The number of amides is 1. The van der Waals surface area contributed by atoms with Gasteiger partial charge < -0.3 is 14.8 Å². The van der Waals surface area contributed by atoms with Crippen molar-refractivity contribution in [3.05, 3.63) is 82.5 Å². The van der Waals surface area contributed by atoms with Crippen molar-refractivity contribution in [2.45, 2.75) is 13.3 Å². The molecule has 0 saturated carbocycles. The molecule has 8 nitrogen and oxygen atoms in total. The first-order valence-corrected chi connectivity index (χ1v) is 12.0. The molecule has 0 radical (unpaired) electrons. The van der Waals surface area contributed by atoms with E-state index in [0.29, 0.717) is 34.0 Å². The standard InChI is InChI=1S/C25H25N3O5S/c1-16-20-14-22(32-3)23(33-4)15-21(20)28(2)34(30,31)24(16)25(29)27-19-7-5-17(6-8-19)13-18-9-11-26-12-10-18/h5-12,14-15H,13H2,1-4H3,(H,27,29). The summed E-state index contributed by atoms with van der Waals surface area (Å²) < 4.78 is 38.3. The van der Waals surface area contributed by atoms with E-state index in [-0.39, 0.29) is 4.91 Å². The van der Waals surface area contributed by atoms with Gasteiger partial charge in [0.25, 0.3) is 15.9 Å². The summed E-state index contributed by atoms with van der Waals surface area (Å²) in [4.78, 5) is 16.9. The Bertz CT molecular complexity index is 1370. The Kier molecular flexibility index (Phi) is 6.30. The summed E-state index contributed by atoms with van der Waals surface area (Å²) in [6.07, 6.45) is 4.21. The molecule has 2 heterocycles. The van der Waals surface area contributed by atoms with Crippen LogP contribution < -0.4 is 19.1 Å². The van der Waals surface area contributed by atoms with E-state index < -0.39 is 15.9 Å². The number of hydrogen-bond donors (Lipinski definition) is 1. The van der Waals surface area contributed by atoms with Gasteiger partial charge in [-0.05, 0) is 60.4 Å². The Morgan fingerprint density at radius 1 is 0.971 bits per heavy atom. The first-order chi connectivity index (χ1) is 16.3. The van der Waals surface area contributed by atoms with Gasteiger partial charge in [-0.1, -0.05) is 12.1 Å². The molecule has 1 aliphatic heterocycles. The largest absolute Gasteiger partial charge is 0.493 e. The van der Waals surface area contributed by atoms with Crippen molar-refractivity contribution < 1.29 is 22.7 Å². The van der Waals surface area contributed by atoms with Gasteiger partial charge in [0.15, 0.2) is 16.4 Å². The molecular formula is C25H25N3O5S. The summed E-state index contributed by atoms with van der Waals surface area (Å²) in [5, 5.41) is 2.72. The number of sulfonamides is 1. The van der Waals surface area contributed by atoms with Gasteiger partial charge in [-0.25, -0.2) is 8.42 Å². The Morgan fingerprint density at radius 3 is 2.18 bits per heavy atom. The molecule has 0 aliphatic carbocycles. The van der Waals surface area contributed by atoms with Crippen LogP contribution in [0.2, 0.25) is 0 Å². The first kappa shape index (κ1) is 23.3. The molecule has 0 bridgehead atoms. The average Bonchev–Trinajstić information content (AvgIpc) is 2.83. The van der Waals surface area contributed by atoms with Crippen LogP contribution in [0.5, 0.6) is 11.5 Å². The summed E-state index contributed by atoms with van der Waals surface area (Å²) >= 11 is 0. The van der Waals surface area contributed by atoms with E-state index in [0.717, 1.165) is 21.9 Å². The van der Waals surface area contributed by atoms with E-state index in [4.69, 9.17) is 9.47 Å². The van der Waals surface area contributed by atoms with Crippen molar-refractivity contribution >= 4 is 32.9 Å². The van der Waals surface area contributed by atoms with Crippen LogP contribution in [0.15, 0.2) is 65.8 Å². The number of carbonyl (C=O) groups excluding carboxylic acids is 1. The third-order valence-corrected chi connectivity index (χ3v) is 7.71. The molecular weight excluding hydrogens is 454 g/mol. The highest BCUT2D eigenvalue weighted by Crippen LogP contribution is 2.44. The molecule has 9 heteroatoms. The van der Waals surface area contributed by atoms with Crippen molar-refractivity contribution in [2.24, 2.45) is 0 Å². The predicted octanol–water partition coefficient (Wildman–Crippen LogP) is 3.84. The summed E-state index contributed by atoms with van der Waals surface area (Å²) in [5.74, 6) is 0.139.